The Morgan fingerprint density at radius 2 is 1.40 bits per heavy atom. The first kappa shape index (κ1) is 25.2. The highest BCUT2D eigenvalue weighted by Crippen LogP contribution is 2.26. The molecule has 0 amide bonds. The number of aromatic nitrogens is 4. The standard InChI is InChI=1S/C25H25Cl2FN6S/c1-14-23(16(3)33(31-14)12-18-5-9-21(28)10-6-18)29-25(35)30-24-15(2)32-34(17(24)4)13-19-7-8-20(26)11-22(19)27/h5-11H,12-13H2,1-4H3,(H2,29,30,35). The van der Waals surface area contributed by atoms with Crippen LogP contribution in [0.1, 0.15) is 33.9 Å². The Kier molecular flexibility index (Phi) is 7.44. The zero-order valence-electron chi connectivity index (χ0n) is 19.8. The van der Waals surface area contributed by atoms with E-state index < -0.39 is 0 Å². The average molecular weight is 531 g/mol. The summed E-state index contributed by atoms with van der Waals surface area (Å²) in [4.78, 5) is 0. The van der Waals surface area contributed by atoms with Crippen molar-refractivity contribution < 1.29 is 4.39 Å². The van der Waals surface area contributed by atoms with Gasteiger partial charge in [-0.1, -0.05) is 41.4 Å². The van der Waals surface area contributed by atoms with Gasteiger partial charge in [-0.3, -0.25) is 9.36 Å². The van der Waals surface area contributed by atoms with E-state index in [1.165, 1.54) is 12.1 Å². The second-order valence-corrected chi connectivity index (χ2v) is 9.60. The number of halogens is 3. The molecule has 0 atom stereocenters. The molecule has 2 heterocycles. The molecular weight excluding hydrogens is 506 g/mol. The number of benzene rings is 2. The zero-order chi connectivity index (χ0) is 25.3. The molecule has 0 aliphatic heterocycles. The van der Waals surface area contributed by atoms with Gasteiger partial charge in [0.2, 0.25) is 0 Å². The van der Waals surface area contributed by atoms with Crippen LogP contribution >= 0.6 is 35.4 Å². The summed E-state index contributed by atoms with van der Waals surface area (Å²) in [6, 6.07) is 11.8. The largest absolute Gasteiger partial charge is 0.329 e. The lowest BCUT2D eigenvalue weighted by atomic mass is 10.2. The van der Waals surface area contributed by atoms with Crippen molar-refractivity contribution in [1.29, 1.82) is 0 Å². The van der Waals surface area contributed by atoms with Crippen molar-refractivity contribution in [3.05, 3.63) is 92.2 Å². The molecule has 0 unspecified atom stereocenters. The second kappa shape index (κ2) is 10.4. The van der Waals surface area contributed by atoms with Gasteiger partial charge >= 0.3 is 0 Å². The Hall–Kier alpha value is -2.94. The van der Waals surface area contributed by atoms with Crippen LogP contribution in [0.5, 0.6) is 0 Å². The van der Waals surface area contributed by atoms with Crippen LogP contribution < -0.4 is 10.6 Å². The maximum Gasteiger partial charge on any atom is 0.175 e. The molecule has 6 nitrogen and oxygen atoms in total. The van der Waals surface area contributed by atoms with E-state index in [1.54, 1.807) is 18.2 Å². The number of anilines is 2. The quantitative estimate of drug-likeness (QED) is 0.273. The topological polar surface area (TPSA) is 59.7 Å². The maximum atomic E-state index is 13.2. The summed E-state index contributed by atoms with van der Waals surface area (Å²) < 4.78 is 17.0. The van der Waals surface area contributed by atoms with Crippen molar-refractivity contribution in [2.75, 3.05) is 10.6 Å². The van der Waals surface area contributed by atoms with Gasteiger partial charge in [-0.15, -0.1) is 0 Å². The minimum atomic E-state index is -0.258. The Morgan fingerprint density at radius 3 is 1.94 bits per heavy atom. The molecule has 0 saturated carbocycles. The summed E-state index contributed by atoms with van der Waals surface area (Å²) in [5.74, 6) is -0.258. The highest BCUT2D eigenvalue weighted by atomic mass is 35.5. The van der Waals surface area contributed by atoms with Crippen LogP contribution in [0.4, 0.5) is 15.8 Å². The van der Waals surface area contributed by atoms with Gasteiger partial charge in [0.05, 0.1) is 47.2 Å². The first-order valence-electron chi connectivity index (χ1n) is 11.0. The summed E-state index contributed by atoms with van der Waals surface area (Å²) in [5.41, 5.74) is 7.04. The maximum absolute atomic E-state index is 13.2. The summed E-state index contributed by atoms with van der Waals surface area (Å²) in [6.07, 6.45) is 0. The van der Waals surface area contributed by atoms with Crippen molar-refractivity contribution >= 4 is 51.9 Å². The fourth-order valence-electron chi connectivity index (χ4n) is 3.90. The molecule has 0 saturated heterocycles. The third kappa shape index (κ3) is 5.66. The molecule has 0 radical (unpaired) electrons. The van der Waals surface area contributed by atoms with Gasteiger partial charge in [0.15, 0.2) is 5.11 Å². The van der Waals surface area contributed by atoms with Crippen LogP contribution in [0.15, 0.2) is 42.5 Å². The van der Waals surface area contributed by atoms with Crippen molar-refractivity contribution in [3.8, 4) is 0 Å². The third-order valence-corrected chi connectivity index (χ3v) is 6.61. The smallest absolute Gasteiger partial charge is 0.175 e. The Balaban J connectivity index is 1.48. The number of thiocarbonyl (C=S) groups is 1. The molecule has 4 aromatic rings. The first-order valence-corrected chi connectivity index (χ1v) is 12.1. The first-order chi connectivity index (χ1) is 16.6. The average Bonchev–Trinajstić information content (AvgIpc) is 3.21. The lowest BCUT2D eigenvalue weighted by molar-refractivity contribution is 0.622. The highest BCUT2D eigenvalue weighted by Gasteiger charge is 2.17. The Morgan fingerprint density at radius 1 is 0.857 bits per heavy atom. The molecule has 0 fully saturated rings. The number of nitrogens with zero attached hydrogens (tertiary/aromatic N) is 4. The van der Waals surface area contributed by atoms with E-state index in [9.17, 15) is 4.39 Å². The molecule has 182 valence electrons. The predicted octanol–water partition coefficient (Wildman–Crippen LogP) is 6.66. The van der Waals surface area contributed by atoms with E-state index in [0.717, 1.165) is 45.3 Å². The molecule has 0 spiro atoms. The Labute approximate surface area is 219 Å². The van der Waals surface area contributed by atoms with E-state index in [2.05, 4.69) is 20.8 Å². The normalized spacial score (nSPS) is 11.1. The number of nitrogens with one attached hydrogen (secondary N) is 2. The molecule has 35 heavy (non-hydrogen) atoms. The molecule has 2 N–H and O–H groups in total. The summed E-state index contributed by atoms with van der Waals surface area (Å²) in [7, 11) is 0. The molecule has 4 rings (SSSR count). The van der Waals surface area contributed by atoms with Crippen LogP contribution in [-0.4, -0.2) is 24.7 Å². The number of hydrogen-bond donors (Lipinski definition) is 2. The molecule has 0 aliphatic carbocycles. The Bertz CT molecular complexity index is 1390. The van der Waals surface area contributed by atoms with Gasteiger partial charge in [0.25, 0.3) is 0 Å². The zero-order valence-corrected chi connectivity index (χ0v) is 22.1. The summed E-state index contributed by atoms with van der Waals surface area (Å²) >= 11 is 18.0. The minimum absolute atomic E-state index is 0.258. The van der Waals surface area contributed by atoms with E-state index in [4.69, 9.17) is 35.4 Å². The van der Waals surface area contributed by atoms with E-state index >= 15 is 0 Å². The summed E-state index contributed by atoms with van der Waals surface area (Å²) in [6.45, 7) is 8.84. The number of rotatable bonds is 6. The molecular formula is C25H25Cl2FN6S. The molecule has 2 aromatic heterocycles. The van der Waals surface area contributed by atoms with Gasteiger partial charge in [-0.25, -0.2) is 4.39 Å². The lowest BCUT2D eigenvalue weighted by Crippen LogP contribution is -2.21. The van der Waals surface area contributed by atoms with Gasteiger partial charge in [0.1, 0.15) is 5.82 Å². The lowest BCUT2D eigenvalue weighted by Gasteiger charge is -2.12. The molecule has 10 heteroatoms. The van der Waals surface area contributed by atoms with Gasteiger partial charge in [-0.05, 0) is 75.3 Å². The fraction of sp³-hybridized carbons (Fsp3) is 0.240. The van der Waals surface area contributed by atoms with Crippen molar-refractivity contribution in [1.82, 2.24) is 19.6 Å². The van der Waals surface area contributed by atoms with Crippen molar-refractivity contribution in [3.63, 3.8) is 0 Å². The van der Waals surface area contributed by atoms with Gasteiger partial charge in [-0.2, -0.15) is 10.2 Å². The fourth-order valence-corrected chi connectivity index (χ4v) is 4.57. The molecule has 2 aromatic carbocycles. The monoisotopic (exact) mass is 530 g/mol. The molecule has 0 aliphatic rings. The number of hydrogen-bond acceptors (Lipinski definition) is 3. The third-order valence-electron chi connectivity index (χ3n) is 5.82. The van der Waals surface area contributed by atoms with Crippen LogP contribution in [0, 0.1) is 33.5 Å². The van der Waals surface area contributed by atoms with Crippen molar-refractivity contribution in [2.24, 2.45) is 0 Å². The predicted molar refractivity (Wildman–Crippen MR) is 144 cm³/mol. The van der Waals surface area contributed by atoms with E-state index in [0.29, 0.717) is 28.2 Å². The van der Waals surface area contributed by atoms with E-state index in [-0.39, 0.29) is 5.82 Å². The summed E-state index contributed by atoms with van der Waals surface area (Å²) in [5, 5.41) is 17.5. The second-order valence-electron chi connectivity index (χ2n) is 8.35. The molecule has 0 bridgehead atoms. The number of aryl methyl sites for hydroxylation is 2. The van der Waals surface area contributed by atoms with Gasteiger partial charge in [0, 0.05) is 10.0 Å². The minimum Gasteiger partial charge on any atom is -0.329 e. The van der Waals surface area contributed by atoms with Crippen LogP contribution in [0.3, 0.4) is 0 Å². The van der Waals surface area contributed by atoms with Crippen LogP contribution in [0.2, 0.25) is 10.0 Å². The van der Waals surface area contributed by atoms with E-state index in [1.807, 2.05) is 49.2 Å². The highest BCUT2D eigenvalue weighted by molar-refractivity contribution is 7.80. The van der Waals surface area contributed by atoms with Crippen LogP contribution in [0.25, 0.3) is 0 Å². The SMILES string of the molecule is Cc1nn(Cc2ccc(F)cc2)c(C)c1NC(=S)Nc1c(C)nn(Cc2ccc(Cl)cc2Cl)c1C. The van der Waals surface area contributed by atoms with Crippen LogP contribution in [-0.2, 0) is 13.1 Å². The van der Waals surface area contributed by atoms with Gasteiger partial charge < -0.3 is 10.6 Å². The van der Waals surface area contributed by atoms with Crippen molar-refractivity contribution in [2.45, 2.75) is 40.8 Å².